The molecular formula is C11H10Cl6O2. The number of fused-ring (bicyclic) bond motifs is 5. The molecule has 2 fully saturated rings. The Morgan fingerprint density at radius 2 is 1.11 bits per heavy atom. The van der Waals surface area contributed by atoms with Gasteiger partial charge >= 0.3 is 0 Å². The van der Waals surface area contributed by atoms with Crippen LogP contribution in [-0.2, 0) is 0 Å². The van der Waals surface area contributed by atoms with E-state index in [1.165, 1.54) is 0 Å². The smallest absolute Gasteiger partial charge is 0.167 e. The van der Waals surface area contributed by atoms with Gasteiger partial charge in [-0.25, -0.2) is 0 Å². The summed E-state index contributed by atoms with van der Waals surface area (Å²) in [4.78, 5) is -2.97. The van der Waals surface area contributed by atoms with Crippen molar-refractivity contribution in [2.24, 2.45) is 11.8 Å². The molecule has 2 nitrogen and oxygen atoms in total. The third kappa shape index (κ3) is 1.42. The van der Waals surface area contributed by atoms with Gasteiger partial charge in [0.2, 0.25) is 0 Å². The zero-order valence-corrected chi connectivity index (χ0v) is 13.9. The average molecular weight is 387 g/mol. The van der Waals surface area contributed by atoms with Crippen molar-refractivity contribution in [3.05, 3.63) is 10.1 Å². The highest BCUT2D eigenvalue weighted by atomic mass is 35.5. The van der Waals surface area contributed by atoms with Crippen molar-refractivity contribution in [2.45, 2.75) is 39.1 Å². The number of allylic oxidation sites excluding steroid dienone is 2. The van der Waals surface area contributed by atoms with Gasteiger partial charge in [-0.15, -0.1) is 23.2 Å². The van der Waals surface area contributed by atoms with Gasteiger partial charge in [-0.05, 0) is 12.8 Å². The van der Waals surface area contributed by atoms with Crippen LogP contribution in [0.1, 0.15) is 12.8 Å². The molecule has 0 radical (unpaired) electrons. The van der Waals surface area contributed by atoms with E-state index in [4.69, 9.17) is 69.6 Å². The van der Waals surface area contributed by atoms with E-state index in [-0.39, 0.29) is 10.1 Å². The maximum atomic E-state index is 10.2. The third-order valence-electron chi connectivity index (χ3n) is 4.64. The quantitative estimate of drug-likeness (QED) is 0.625. The highest BCUT2D eigenvalue weighted by molar-refractivity contribution is 6.65. The Balaban J connectivity index is 2.28. The first-order chi connectivity index (χ1) is 8.61. The van der Waals surface area contributed by atoms with Crippen molar-refractivity contribution in [1.29, 1.82) is 0 Å². The average Bonchev–Trinajstić information content (AvgIpc) is 2.55. The predicted molar refractivity (Wildman–Crippen MR) is 78.6 cm³/mol. The number of aliphatic hydroxyl groups excluding tert-OH is 2. The highest BCUT2D eigenvalue weighted by Gasteiger charge is 2.84. The summed E-state index contributed by atoms with van der Waals surface area (Å²) in [5, 5.41) is 20.6. The van der Waals surface area contributed by atoms with Gasteiger partial charge in [0, 0.05) is 11.8 Å². The Hall–Kier alpha value is 1.40. The van der Waals surface area contributed by atoms with Gasteiger partial charge in [-0.2, -0.15) is 0 Å². The first-order valence-corrected chi connectivity index (χ1v) is 8.06. The Bertz CT molecular complexity index is 440. The molecule has 0 saturated heterocycles. The minimum Gasteiger partial charge on any atom is -0.393 e. The van der Waals surface area contributed by atoms with E-state index in [1.54, 1.807) is 0 Å². The van der Waals surface area contributed by atoms with Crippen LogP contribution in [0.3, 0.4) is 0 Å². The molecule has 0 aliphatic heterocycles. The van der Waals surface area contributed by atoms with Crippen LogP contribution in [0.15, 0.2) is 10.1 Å². The molecular weight excluding hydrogens is 377 g/mol. The standard InChI is InChI=1S/C11H10Cl6O2/c12-7-8(13)10(15)6-4(19)2-1-3(18)5(6)9(7,14)11(10,16)17/h3-6,18-19H,1-2H2. The van der Waals surface area contributed by atoms with Crippen LogP contribution < -0.4 is 0 Å². The molecule has 108 valence electrons. The number of hydrogen-bond donors (Lipinski definition) is 2. The van der Waals surface area contributed by atoms with Crippen LogP contribution in [0, 0.1) is 11.8 Å². The molecule has 6 unspecified atom stereocenters. The number of hydrogen-bond acceptors (Lipinski definition) is 2. The van der Waals surface area contributed by atoms with E-state index in [9.17, 15) is 10.2 Å². The van der Waals surface area contributed by atoms with Gasteiger partial charge in [0.1, 0.15) is 9.75 Å². The fraction of sp³-hybridized carbons (Fsp3) is 0.818. The van der Waals surface area contributed by atoms with Crippen LogP contribution in [0.25, 0.3) is 0 Å². The van der Waals surface area contributed by atoms with Gasteiger partial charge in [-0.3, -0.25) is 0 Å². The van der Waals surface area contributed by atoms with E-state index >= 15 is 0 Å². The Morgan fingerprint density at radius 3 is 1.42 bits per heavy atom. The monoisotopic (exact) mass is 384 g/mol. The summed E-state index contributed by atoms with van der Waals surface area (Å²) >= 11 is 38.2. The molecule has 0 spiro atoms. The largest absolute Gasteiger partial charge is 0.393 e. The normalized spacial score (nSPS) is 55.6. The van der Waals surface area contributed by atoms with Crippen LogP contribution in [0.5, 0.6) is 0 Å². The molecule has 0 heterocycles. The second-order valence-electron chi connectivity index (χ2n) is 5.39. The van der Waals surface area contributed by atoms with Crippen molar-refractivity contribution in [3.8, 4) is 0 Å². The van der Waals surface area contributed by atoms with Crippen LogP contribution in [-0.4, -0.2) is 36.5 Å². The molecule has 0 aromatic rings. The molecule has 0 amide bonds. The summed E-state index contributed by atoms with van der Waals surface area (Å²) in [6.45, 7) is 0. The second-order valence-corrected chi connectivity index (χ2v) is 8.67. The lowest BCUT2D eigenvalue weighted by atomic mass is 9.69. The number of rotatable bonds is 0. The molecule has 2 bridgehead atoms. The highest BCUT2D eigenvalue weighted by Crippen LogP contribution is 2.78. The summed E-state index contributed by atoms with van der Waals surface area (Å²) < 4.78 is -1.70. The Kier molecular flexibility index (Phi) is 3.41. The van der Waals surface area contributed by atoms with Crippen molar-refractivity contribution < 1.29 is 10.2 Å². The van der Waals surface area contributed by atoms with Crippen molar-refractivity contribution in [2.75, 3.05) is 0 Å². The number of alkyl halides is 4. The van der Waals surface area contributed by atoms with E-state index in [2.05, 4.69) is 0 Å². The van der Waals surface area contributed by atoms with E-state index in [0.717, 1.165) is 0 Å². The van der Waals surface area contributed by atoms with Gasteiger partial charge in [-0.1, -0.05) is 46.4 Å². The van der Waals surface area contributed by atoms with Gasteiger partial charge in [0.05, 0.1) is 22.3 Å². The summed E-state index contributed by atoms with van der Waals surface area (Å²) in [6, 6.07) is 0. The fourth-order valence-electron chi connectivity index (χ4n) is 3.78. The van der Waals surface area contributed by atoms with Crippen LogP contribution in [0.2, 0.25) is 0 Å². The Morgan fingerprint density at radius 1 is 0.789 bits per heavy atom. The maximum absolute atomic E-state index is 10.2. The SMILES string of the molecule is OC1CCC(O)C2C1C1(Cl)C(Cl)=C(Cl)C2(Cl)C1(Cl)Cl. The third-order valence-corrected chi connectivity index (χ3v) is 8.93. The molecule has 0 aromatic carbocycles. The molecule has 3 rings (SSSR count). The van der Waals surface area contributed by atoms with Gasteiger partial charge in [0.25, 0.3) is 0 Å². The molecule has 2 N–H and O–H groups in total. The fourth-order valence-corrected chi connectivity index (χ4v) is 6.88. The molecule has 3 aliphatic carbocycles. The maximum Gasteiger partial charge on any atom is 0.167 e. The summed E-state index contributed by atoms with van der Waals surface area (Å²) in [7, 11) is 0. The summed E-state index contributed by atoms with van der Waals surface area (Å²) in [5.74, 6) is -1.28. The Labute approximate surface area is 140 Å². The van der Waals surface area contributed by atoms with Gasteiger partial charge < -0.3 is 10.2 Å². The van der Waals surface area contributed by atoms with Crippen LogP contribution >= 0.6 is 69.6 Å². The zero-order valence-electron chi connectivity index (χ0n) is 9.39. The molecule has 19 heavy (non-hydrogen) atoms. The molecule has 3 aliphatic rings. The van der Waals surface area contributed by atoms with E-state index in [0.29, 0.717) is 12.8 Å². The summed E-state index contributed by atoms with van der Waals surface area (Å²) in [6.07, 6.45) is -0.811. The molecule has 0 aromatic heterocycles. The first-order valence-electron chi connectivity index (χ1n) is 5.79. The van der Waals surface area contributed by atoms with Crippen LogP contribution in [0.4, 0.5) is 0 Å². The molecule has 2 saturated carbocycles. The molecule has 8 heteroatoms. The van der Waals surface area contributed by atoms with Crippen molar-refractivity contribution in [3.63, 3.8) is 0 Å². The van der Waals surface area contributed by atoms with E-state index in [1.807, 2.05) is 0 Å². The minimum atomic E-state index is -1.70. The van der Waals surface area contributed by atoms with Crippen molar-refractivity contribution >= 4 is 69.6 Å². The van der Waals surface area contributed by atoms with Gasteiger partial charge in [0.15, 0.2) is 4.33 Å². The minimum absolute atomic E-state index is 0.0604. The second kappa shape index (κ2) is 4.23. The zero-order chi connectivity index (χ0) is 14.4. The van der Waals surface area contributed by atoms with Crippen molar-refractivity contribution in [1.82, 2.24) is 0 Å². The lowest BCUT2D eigenvalue weighted by Gasteiger charge is -2.45. The number of aliphatic hydroxyl groups is 2. The predicted octanol–water partition coefficient (Wildman–Crippen LogP) is 3.58. The number of halogens is 6. The topological polar surface area (TPSA) is 40.5 Å². The lowest BCUT2D eigenvalue weighted by Crippen LogP contribution is -2.51. The molecule has 6 atom stereocenters. The summed E-state index contributed by atoms with van der Waals surface area (Å²) in [5.41, 5.74) is 0. The van der Waals surface area contributed by atoms with E-state index < -0.39 is 38.1 Å². The lowest BCUT2D eigenvalue weighted by molar-refractivity contribution is -0.0418. The first kappa shape index (κ1) is 15.3.